The number of aliphatic carboxylic acids is 1. The van der Waals surface area contributed by atoms with Gasteiger partial charge in [0.1, 0.15) is 11.2 Å². The van der Waals surface area contributed by atoms with E-state index in [1.165, 1.54) is 0 Å². The number of nitrogens with one attached hydrogen (secondary N) is 2. The molecule has 0 aliphatic rings. The number of amides is 2. The van der Waals surface area contributed by atoms with Gasteiger partial charge in [0, 0.05) is 13.1 Å². The van der Waals surface area contributed by atoms with Crippen LogP contribution in [0.15, 0.2) is 0 Å². The summed E-state index contributed by atoms with van der Waals surface area (Å²) in [4.78, 5) is 45.4. The number of hydrogen-bond acceptors (Lipinski definition) is 7. The molecule has 0 saturated carbocycles. The normalized spacial score (nSPS) is 14.1. The lowest BCUT2D eigenvalue weighted by atomic mass is 9.96. The third kappa shape index (κ3) is 19.7. The quantitative estimate of drug-likeness (QED) is 0.222. The summed E-state index contributed by atoms with van der Waals surface area (Å²) in [5.41, 5.74) is -1.82. The first kappa shape index (κ1) is 34.9. The molecule has 0 heterocycles. The van der Waals surface area contributed by atoms with Crippen LogP contribution in [0.3, 0.4) is 0 Å². The lowest BCUT2D eigenvalue weighted by Crippen LogP contribution is -2.39. The monoisotopic (exact) mass is 524 g/mol. The predicted octanol–water partition coefficient (Wildman–Crippen LogP) is 4.78. The molecular weight excluding hydrogens is 480 g/mol. The van der Waals surface area contributed by atoms with Crippen molar-refractivity contribution in [3.63, 3.8) is 0 Å². The fourth-order valence-electron chi connectivity index (χ4n) is 2.46. The summed E-state index contributed by atoms with van der Waals surface area (Å²) < 4.78 is 15.0. The Morgan fingerprint density at radius 1 is 0.743 bits per heavy atom. The summed E-state index contributed by atoms with van der Waals surface area (Å²) in [5.74, 6) is -2.38. The summed E-state index contributed by atoms with van der Waals surface area (Å²) in [6.45, 7) is 19.8. The molecule has 0 radical (unpaired) electrons. The van der Waals surface area contributed by atoms with Gasteiger partial charge < -0.3 is 30.0 Å². The molecule has 3 N–H and O–H groups in total. The van der Waals surface area contributed by atoms with Crippen molar-refractivity contribution < 1.29 is 38.5 Å². The molecule has 2 amide bonds. The third-order valence-corrected chi connectivity index (χ3v) is 4.33. The summed E-state index contributed by atoms with van der Waals surface area (Å²) in [6.07, 6.45) is -1.13. The van der Waals surface area contributed by atoms with Crippen LogP contribution in [0.25, 0.3) is 0 Å². The molecule has 206 valence electrons. The van der Waals surface area contributed by atoms with E-state index in [0.29, 0.717) is 0 Å². The standard InChI is InChI=1S/C13H24ClNO4.C11H21NO4/c1-8(2)10(11(16)18-9(3)14)7-15-12(17)19-13(4,5)6;1-7(2)8(9(13)14)6-12-10(15)16-11(3,4)5/h8-10H,7H2,1-6H3,(H,15,17);7-8H,6H2,1-5H3,(H,12,15)(H,13,14). The molecule has 11 heteroatoms. The molecule has 0 aromatic carbocycles. The van der Waals surface area contributed by atoms with E-state index in [2.05, 4.69) is 10.6 Å². The molecular formula is C24H45ClN2O8. The van der Waals surface area contributed by atoms with Gasteiger partial charge in [-0.05, 0) is 60.3 Å². The summed E-state index contributed by atoms with van der Waals surface area (Å²) in [7, 11) is 0. The van der Waals surface area contributed by atoms with Crippen LogP contribution in [0.1, 0.15) is 76.2 Å². The summed E-state index contributed by atoms with van der Waals surface area (Å²) in [6, 6.07) is 0. The van der Waals surface area contributed by atoms with Gasteiger partial charge in [0.2, 0.25) is 0 Å². The van der Waals surface area contributed by atoms with E-state index >= 15 is 0 Å². The van der Waals surface area contributed by atoms with Gasteiger partial charge in [0.15, 0.2) is 5.56 Å². The van der Waals surface area contributed by atoms with E-state index in [4.69, 9.17) is 30.9 Å². The Morgan fingerprint density at radius 3 is 1.34 bits per heavy atom. The van der Waals surface area contributed by atoms with Gasteiger partial charge in [-0.15, -0.1) is 0 Å². The van der Waals surface area contributed by atoms with Crippen LogP contribution < -0.4 is 10.6 Å². The number of rotatable bonds is 9. The van der Waals surface area contributed by atoms with Crippen molar-refractivity contribution in [2.45, 2.75) is 92.9 Å². The fraction of sp³-hybridized carbons (Fsp3) is 0.833. The summed E-state index contributed by atoms with van der Waals surface area (Å²) in [5, 5.41) is 13.9. The highest BCUT2D eigenvalue weighted by Crippen LogP contribution is 2.15. The third-order valence-electron chi connectivity index (χ3n) is 4.24. The highest BCUT2D eigenvalue weighted by molar-refractivity contribution is 6.20. The van der Waals surface area contributed by atoms with E-state index < -0.39 is 52.7 Å². The number of carbonyl (C=O) groups excluding carboxylic acids is 3. The molecule has 0 fully saturated rings. The molecule has 3 atom stereocenters. The lowest BCUT2D eigenvalue weighted by molar-refractivity contribution is -0.151. The summed E-state index contributed by atoms with van der Waals surface area (Å²) >= 11 is 5.62. The second-order valence-corrected chi connectivity index (χ2v) is 11.4. The van der Waals surface area contributed by atoms with Gasteiger partial charge >= 0.3 is 24.1 Å². The first-order chi connectivity index (χ1) is 15.7. The molecule has 35 heavy (non-hydrogen) atoms. The number of hydrogen-bond donors (Lipinski definition) is 3. The molecule has 0 aliphatic heterocycles. The minimum absolute atomic E-state index is 0.0258. The zero-order chi connectivity index (χ0) is 28.1. The Kier molecular flexibility index (Phi) is 15.7. The van der Waals surface area contributed by atoms with Gasteiger partial charge in [-0.3, -0.25) is 9.59 Å². The van der Waals surface area contributed by atoms with E-state index in [-0.39, 0.29) is 24.9 Å². The Bertz CT molecular complexity index is 682. The molecule has 3 unspecified atom stereocenters. The maximum atomic E-state index is 11.8. The second-order valence-electron chi connectivity index (χ2n) is 10.8. The highest BCUT2D eigenvalue weighted by atomic mass is 35.5. The number of carbonyl (C=O) groups is 4. The zero-order valence-corrected chi connectivity index (χ0v) is 23.7. The van der Waals surface area contributed by atoms with Gasteiger partial charge in [0.05, 0.1) is 11.8 Å². The molecule has 0 aromatic heterocycles. The van der Waals surface area contributed by atoms with Crippen molar-refractivity contribution >= 4 is 35.7 Å². The Labute approximate surface area is 214 Å². The van der Waals surface area contributed by atoms with Crippen molar-refractivity contribution in [1.29, 1.82) is 0 Å². The van der Waals surface area contributed by atoms with Crippen molar-refractivity contribution in [3.05, 3.63) is 0 Å². The van der Waals surface area contributed by atoms with Crippen LogP contribution in [-0.2, 0) is 23.8 Å². The molecule has 0 spiro atoms. The van der Waals surface area contributed by atoms with Crippen LogP contribution in [0.4, 0.5) is 9.59 Å². The second kappa shape index (κ2) is 15.7. The smallest absolute Gasteiger partial charge is 0.407 e. The van der Waals surface area contributed by atoms with Crippen LogP contribution in [0.2, 0.25) is 0 Å². The van der Waals surface area contributed by atoms with E-state index in [1.54, 1.807) is 62.3 Å². The first-order valence-corrected chi connectivity index (χ1v) is 12.1. The molecule has 0 aromatic rings. The largest absolute Gasteiger partial charge is 0.481 e. The topological polar surface area (TPSA) is 140 Å². The maximum Gasteiger partial charge on any atom is 0.407 e. The Hall–Kier alpha value is -2.23. The number of halogens is 1. The molecule has 0 rings (SSSR count). The number of ether oxygens (including phenoxy) is 3. The van der Waals surface area contributed by atoms with Crippen molar-refractivity contribution in [1.82, 2.24) is 10.6 Å². The van der Waals surface area contributed by atoms with Gasteiger partial charge in [-0.2, -0.15) is 0 Å². The SMILES string of the molecule is CC(C)C(CNC(=O)OC(C)(C)C)C(=O)O.CC(Cl)OC(=O)C(CNC(=O)OC(C)(C)C)C(C)C. The average Bonchev–Trinajstić information content (AvgIpc) is 2.57. The van der Waals surface area contributed by atoms with Crippen LogP contribution >= 0.6 is 11.6 Å². The maximum absolute atomic E-state index is 11.8. The molecule has 0 bridgehead atoms. The van der Waals surface area contributed by atoms with E-state index in [1.807, 2.05) is 13.8 Å². The lowest BCUT2D eigenvalue weighted by Gasteiger charge is -2.23. The van der Waals surface area contributed by atoms with Crippen LogP contribution in [0, 0.1) is 23.7 Å². The fourth-order valence-corrected chi connectivity index (χ4v) is 2.55. The van der Waals surface area contributed by atoms with Gasteiger partial charge in [0.25, 0.3) is 0 Å². The Balaban J connectivity index is 0. The number of carboxylic acid groups (broad SMARTS) is 1. The van der Waals surface area contributed by atoms with Crippen molar-refractivity contribution in [2.75, 3.05) is 13.1 Å². The number of alkyl halides is 1. The van der Waals surface area contributed by atoms with Crippen LogP contribution in [0.5, 0.6) is 0 Å². The number of carboxylic acids is 1. The minimum atomic E-state index is -0.911. The van der Waals surface area contributed by atoms with E-state index in [9.17, 15) is 19.2 Å². The van der Waals surface area contributed by atoms with Gasteiger partial charge in [-0.25, -0.2) is 9.59 Å². The first-order valence-electron chi connectivity index (χ1n) is 11.7. The van der Waals surface area contributed by atoms with Crippen LogP contribution in [-0.4, -0.2) is 59.1 Å². The van der Waals surface area contributed by atoms with Crippen molar-refractivity contribution in [3.8, 4) is 0 Å². The van der Waals surface area contributed by atoms with E-state index in [0.717, 1.165) is 0 Å². The predicted molar refractivity (Wildman–Crippen MR) is 134 cm³/mol. The minimum Gasteiger partial charge on any atom is -0.481 e. The highest BCUT2D eigenvalue weighted by Gasteiger charge is 2.27. The molecule has 0 aliphatic carbocycles. The molecule has 0 saturated heterocycles. The van der Waals surface area contributed by atoms with Crippen molar-refractivity contribution in [2.24, 2.45) is 23.7 Å². The number of esters is 1. The Morgan fingerprint density at radius 2 is 1.09 bits per heavy atom. The zero-order valence-electron chi connectivity index (χ0n) is 23.0. The molecule has 10 nitrogen and oxygen atoms in total. The average molecular weight is 525 g/mol. The number of alkyl carbamates (subject to hydrolysis) is 2. The van der Waals surface area contributed by atoms with Gasteiger partial charge in [-0.1, -0.05) is 39.3 Å².